The van der Waals surface area contributed by atoms with Crippen LogP contribution < -0.4 is 4.90 Å². The number of hydrogen-bond donors (Lipinski definition) is 0. The molecule has 4 aliphatic rings. The highest BCUT2D eigenvalue weighted by molar-refractivity contribution is 6.24. The van der Waals surface area contributed by atoms with Crippen molar-refractivity contribution in [1.29, 1.82) is 0 Å². The first-order chi connectivity index (χ1) is 14.9. The zero-order valence-electron chi connectivity index (χ0n) is 18.3. The van der Waals surface area contributed by atoms with Crippen LogP contribution in [-0.4, -0.2) is 11.8 Å². The molecule has 2 amide bonds. The number of anilines is 1. The van der Waals surface area contributed by atoms with Crippen LogP contribution in [0.2, 0.25) is 0 Å². The van der Waals surface area contributed by atoms with Gasteiger partial charge < -0.3 is 0 Å². The summed E-state index contributed by atoms with van der Waals surface area (Å²) in [5, 5.41) is 0. The molecule has 7 rings (SSSR count). The fourth-order valence-electron chi connectivity index (χ4n) is 6.90. The highest BCUT2D eigenvalue weighted by atomic mass is 16.2. The van der Waals surface area contributed by atoms with E-state index in [1.807, 2.05) is 32.9 Å². The summed E-state index contributed by atoms with van der Waals surface area (Å²) in [6, 6.07) is 20.9. The first-order valence-corrected chi connectivity index (χ1v) is 11.0. The zero-order chi connectivity index (χ0) is 21.7. The molecule has 0 N–H and O–H groups in total. The number of nitrogens with zero attached hydrogens (tertiary/aromatic N) is 1. The van der Waals surface area contributed by atoms with Crippen LogP contribution in [0.5, 0.6) is 0 Å². The van der Waals surface area contributed by atoms with Crippen LogP contribution in [0.15, 0.2) is 60.7 Å². The molecule has 3 nitrogen and oxygen atoms in total. The molecule has 0 radical (unpaired) electrons. The fraction of sp³-hybridized carbons (Fsp3) is 0.286. The van der Waals surface area contributed by atoms with Gasteiger partial charge in [0.1, 0.15) is 0 Å². The van der Waals surface area contributed by atoms with Crippen LogP contribution in [0.4, 0.5) is 5.69 Å². The van der Waals surface area contributed by atoms with Gasteiger partial charge in [0.2, 0.25) is 11.8 Å². The van der Waals surface area contributed by atoms with E-state index in [0.717, 1.165) is 22.4 Å². The van der Waals surface area contributed by atoms with E-state index < -0.39 is 5.41 Å². The number of carbonyl (C=O) groups is 2. The lowest BCUT2D eigenvalue weighted by Crippen LogP contribution is -2.51. The number of carbonyl (C=O) groups excluding carboxylic acids is 2. The third-order valence-electron chi connectivity index (χ3n) is 7.90. The number of benzene rings is 3. The average Bonchev–Trinajstić information content (AvgIpc) is 3.00. The summed E-state index contributed by atoms with van der Waals surface area (Å²) in [5.74, 6) is -0.920. The van der Waals surface area contributed by atoms with Gasteiger partial charge in [-0.1, -0.05) is 73.2 Å². The van der Waals surface area contributed by atoms with Crippen LogP contribution in [0.1, 0.15) is 51.8 Å². The van der Waals surface area contributed by atoms with E-state index in [1.165, 1.54) is 27.2 Å². The van der Waals surface area contributed by atoms with Crippen molar-refractivity contribution in [2.24, 2.45) is 11.8 Å². The van der Waals surface area contributed by atoms with Gasteiger partial charge in [0.05, 0.1) is 17.5 Å². The van der Waals surface area contributed by atoms with Gasteiger partial charge >= 0.3 is 0 Å². The van der Waals surface area contributed by atoms with E-state index in [-0.39, 0.29) is 29.6 Å². The van der Waals surface area contributed by atoms with Crippen molar-refractivity contribution in [3.63, 3.8) is 0 Å². The van der Waals surface area contributed by atoms with Crippen molar-refractivity contribution in [2.45, 2.75) is 39.0 Å². The summed E-state index contributed by atoms with van der Waals surface area (Å²) in [5.41, 5.74) is 8.14. The van der Waals surface area contributed by atoms with Gasteiger partial charge in [-0.15, -0.1) is 0 Å². The van der Waals surface area contributed by atoms with Crippen LogP contribution >= 0.6 is 0 Å². The zero-order valence-corrected chi connectivity index (χ0v) is 18.3. The smallest absolute Gasteiger partial charge is 0.238 e. The molecule has 1 heterocycles. The van der Waals surface area contributed by atoms with Crippen LogP contribution in [0.3, 0.4) is 0 Å². The molecule has 0 aromatic heterocycles. The summed E-state index contributed by atoms with van der Waals surface area (Å²) in [6.07, 6.45) is 0. The molecule has 154 valence electrons. The Morgan fingerprint density at radius 1 is 0.774 bits per heavy atom. The Kier molecular flexibility index (Phi) is 3.56. The van der Waals surface area contributed by atoms with Gasteiger partial charge in [0, 0.05) is 11.3 Å². The molecular weight excluding hydrogens is 382 g/mol. The SMILES string of the molecule is Cc1cc(C)c(N2C(=O)[C@@H]3C4c5ccccc5C(C)(c5ccccc54)[C@H]3C2=O)c(C)c1. The summed E-state index contributed by atoms with van der Waals surface area (Å²) in [6.45, 7) is 8.21. The average molecular weight is 408 g/mol. The summed E-state index contributed by atoms with van der Waals surface area (Å²) in [4.78, 5) is 29.6. The molecule has 1 aliphatic heterocycles. The molecule has 3 heteroatoms. The van der Waals surface area contributed by atoms with Crippen LogP contribution in [0.25, 0.3) is 0 Å². The van der Waals surface area contributed by atoms with E-state index in [1.54, 1.807) is 0 Å². The van der Waals surface area contributed by atoms with Gasteiger partial charge in [-0.2, -0.15) is 0 Å². The molecule has 3 aromatic rings. The first kappa shape index (κ1) is 18.6. The van der Waals surface area contributed by atoms with Gasteiger partial charge in [-0.05, 0) is 54.2 Å². The van der Waals surface area contributed by atoms with Gasteiger partial charge in [0.15, 0.2) is 0 Å². The summed E-state index contributed by atoms with van der Waals surface area (Å²) < 4.78 is 0. The van der Waals surface area contributed by atoms with Crippen molar-refractivity contribution < 1.29 is 9.59 Å². The third-order valence-corrected chi connectivity index (χ3v) is 7.90. The largest absolute Gasteiger partial charge is 0.274 e. The highest BCUT2D eigenvalue weighted by Gasteiger charge is 2.66. The second kappa shape index (κ2) is 5.94. The summed E-state index contributed by atoms with van der Waals surface area (Å²) in [7, 11) is 0. The number of imide groups is 1. The minimum absolute atomic E-state index is 0.0507. The Hall–Kier alpha value is -3.20. The molecule has 3 aliphatic carbocycles. The molecule has 1 fully saturated rings. The Morgan fingerprint density at radius 3 is 1.84 bits per heavy atom. The fourth-order valence-corrected chi connectivity index (χ4v) is 6.90. The Balaban J connectivity index is 1.62. The Morgan fingerprint density at radius 2 is 1.29 bits per heavy atom. The van der Waals surface area contributed by atoms with Crippen molar-refractivity contribution in [1.82, 2.24) is 0 Å². The maximum Gasteiger partial charge on any atom is 0.238 e. The monoisotopic (exact) mass is 407 g/mol. The second-order valence-corrected chi connectivity index (χ2v) is 9.62. The van der Waals surface area contributed by atoms with Crippen LogP contribution in [0, 0.1) is 32.6 Å². The molecule has 2 atom stereocenters. The molecule has 31 heavy (non-hydrogen) atoms. The van der Waals surface area contributed by atoms with Gasteiger partial charge in [-0.25, -0.2) is 4.90 Å². The van der Waals surface area contributed by atoms with Crippen LogP contribution in [-0.2, 0) is 15.0 Å². The number of aryl methyl sites for hydroxylation is 3. The van der Waals surface area contributed by atoms with E-state index >= 15 is 0 Å². The number of hydrogen-bond acceptors (Lipinski definition) is 2. The molecule has 1 saturated heterocycles. The van der Waals surface area contributed by atoms with Crippen molar-refractivity contribution in [3.8, 4) is 0 Å². The van der Waals surface area contributed by atoms with Crippen molar-refractivity contribution in [2.75, 3.05) is 4.90 Å². The topological polar surface area (TPSA) is 37.4 Å². The van der Waals surface area contributed by atoms with E-state index in [0.29, 0.717) is 0 Å². The summed E-state index contributed by atoms with van der Waals surface area (Å²) >= 11 is 0. The lowest BCUT2D eigenvalue weighted by molar-refractivity contribution is -0.123. The molecule has 0 spiro atoms. The molecule has 2 bridgehead atoms. The third kappa shape index (κ3) is 2.09. The predicted octanol–water partition coefficient (Wildman–Crippen LogP) is 5.18. The van der Waals surface area contributed by atoms with Crippen molar-refractivity contribution in [3.05, 3.63) is 99.6 Å². The van der Waals surface area contributed by atoms with E-state index in [4.69, 9.17) is 0 Å². The molecule has 0 unspecified atom stereocenters. The van der Waals surface area contributed by atoms with E-state index in [2.05, 4.69) is 55.5 Å². The number of rotatable bonds is 1. The molecular formula is C28H25NO2. The Bertz CT molecular complexity index is 1230. The van der Waals surface area contributed by atoms with Gasteiger partial charge in [0.25, 0.3) is 0 Å². The molecule has 0 saturated carbocycles. The number of amides is 2. The van der Waals surface area contributed by atoms with Gasteiger partial charge in [-0.3, -0.25) is 9.59 Å². The maximum atomic E-state index is 14.1. The predicted molar refractivity (Wildman–Crippen MR) is 121 cm³/mol. The Labute approximate surface area is 182 Å². The second-order valence-electron chi connectivity index (χ2n) is 9.62. The first-order valence-electron chi connectivity index (χ1n) is 11.0. The normalized spacial score (nSPS) is 27.9. The highest BCUT2D eigenvalue weighted by Crippen LogP contribution is 2.64. The minimum Gasteiger partial charge on any atom is -0.274 e. The maximum absolute atomic E-state index is 14.1. The standard InChI is InChI=1S/C28H25NO2/c1-15-13-16(2)25(17(3)14-15)29-26(30)23-22-18-9-5-7-11-20(18)28(4,24(23)27(29)31)21-12-8-6-10-19(21)22/h5-14,22-24H,1-4H3/t22?,23-,24-,28?/m1/s1. The lowest BCUT2D eigenvalue weighted by atomic mass is 9.48. The minimum atomic E-state index is -0.513. The van der Waals surface area contributed by atoms with Crippen molar-refractivity contribution >= 4 is 17.5 Å². The lowest BCUT2D eigenvalue weighted by Gasteiger charge is -2.52. The van der Waals surface area contributed by atoms with E-state index in [9.17, 15) is 9.59 Å². The quantitative estimate of drug-likeness (QED) is 0.521. The molecule has 3 aromatic carbocycles.